The van der Waals surface area contributed by atoms with E-state index in [1.54, 1.807) is 36.4 Å². The van der Waals surface area contributed by atoms with Crippen molar-refractivity contribution in [2.45, 2.75) is 11.8 Å². The van der Waals surface area contributed by atoms with Gasteiger partial charge in [-0.1, -0.05) is 17.7 Å². The molecule has 1 aromatic heterocycles. The molecule has 9 nitrogen and oxygen atoms in total. The summed E-state index contributed by atoms with van der Waals surface area (Å²) < 4.78 is 52.7. The Hall–Kier alpha value is -3.44. The van der Waals surface area contributed by atoms with E-state index in [4.69, 9.17) is 0 Å². The van der Waals surface area contributed by atoms with Crippen molar-refractivity contribution in [3.05, 3.63) is 78.6 Å². The number of rotatable bonds is 8. The molecule has 0 aliphatic heterocycles. The van der Waals surface area contributed by atoms with Gasteiger partial charge in [-0.05, 0) is 55.5 Å². The highest BCUT2D eigenvalue weighted by Crippen LogP contribution is 2.20. The average molecular weight is 475 g/mol. The summed E-state index contributed by atoms with van der Waals surface area (Å²) in [6.07, 6.45) is 3.93. The number of benzene rings is 2. The minimum absolute atomic E-state index is 0.00299. The summed E-state index contributed by atoms with van der Waals surface area (Å²) in [5.74, 6) is -0.569. The third kappa shape index (κ3) is 6.05. The lowest BCUT2D eigenvalue weighted by atomic mass is 10.2. The monoisotopic (exact) mass is 474 g/mol. The largest absolute Gasteiger partial charge is 0.325 e. The van der Waals surface area contributed by atoms with E-state index < -0.39 is 32.5 Å². The third-order valence-corrected chi connectivity index (χ3v) is 6.91. The summed E-state index contributed by atoms with van der Waals surface area (Å²) in [6.45, 7) is 1.45. The summed E-state index contributed by atoms with van der Waals surface area (Å²) in [7, 11) is -7.52. The number of aromatic nitrogens is 1. The molecule has 0 bridgehead atoms. The van der Waals surface area contributed by atoms with Crippen LogP contribution in [-0.2, 0) is 24.8 Å². The van der Waals surface area contributed by atoms with Crippen molar-refractivity contribution < 1.29 is 21.6 Å². The summed E-state index contributed by atoms with van der Waals surface area (Å²) >= 11 is 0. The second-order valence-electron chi connectivity index (χ2n) is 7.02. The van der Waals surface area contributed by atoms with Gasteiger partial charge in [0.1, 0.15) is 6.54 Å². The molecule has 168 valence electrons. The Morgan fingerprint density at radius 3 is 2.16 bits per heavy atom. The minimum Gasteiger partial charge on any atom is -0.325 e. The van der Waals surface area contributed by atoms with Crippen molar-refractivity contribution >= 4 is 43.0 Å². The number of aryl methyl sites for hydroxylation is 1. The number of anilines is 3. The molecule has 2 aromatic carbocycles. The van der Waals surface area contributed by atoms with Gasteiger partial charge in [-0.25, -0.2) is 16.8 Å². The number of hydrogen-bond acceptors (Lipinski definition) is 6. The number of sulfonamides is 2. The van der Waals surface area contributed by atoms with Gasteiger partial charge in [-0.3, -0.25) is 18.8 Å². The summed E-state index contributed by atoms with van der Waals surface area (Å²) in [5, 5.41) is 2.58. The van der Waals surface area contributed by atoms with Gasteiger partial charge >= 0.3 is 0 Å². The van der Waals surface area contributed by atoms with Crippen molar-refractivity contribution in [1.82, 2.24) is 4.98 Å². The van der Waals surface area contributed by atoms with Gasteiger partial charge in [0.25, 0.3) is 10.0 Å². The van der Waals surface area contributed by atoms with E-state index in [9.17, 15) is 21.6 Å². The van der Waals surface area contributed by atoms with Crippen LogP contribution in [0.25, 0.3) is 0 Å². The predicted octanol–water partition coefficient (Wildman–Crippen LogP) is 2.60. The number of nitrogens with one attached hydrogen (secondary N) is 2. The van der Waals surface area contributed by atoms with E-state index in [1.807, 2.05) is 6.92 Å². The Morgan fingerprint density at radius 2 is 1.59 bits per heavy atom. The molecule has 0 saturated heterocycles. The normalized spacial score (nSPS) is 11.6. The highest BCUT2D eigenvalue weighted by molar-refractivity contribution is 7.92. The van der Waals surface area contributed by atoms with Crippen LogP contribution in [0.5, 0.6) is 0 Å². The Morgan fingerprint density at radius 1 is 0.938 bits per heavy atom. The van der Waals surface area contributed by atoms with Crippen LogP contribution in [0.1, 0.15) is 5.56 Å². The van der Waals surface area contributed by atoms with Crippen molar-refractivity contribution in [1.29, 1.82) is 0 Å². The zero-order valence-corrected chi connectivity index (χ0v) is 19.0. The van der Waals surface area contributed by atoms with Crippen LogP contribution in [0.15, 0.2) is 78.0 Å². The number of carbonyl (C=O) groups is 1. The highest BCUT2D eigenvalue weighted by Gasteiger charge is 2.21. The van der Waals surface area contributed by atoms with Crippen LogP contribution >= 0.6 is 0 Å². The fourth-order valence-corrected chi connectivity index (χ4v) is 4.70. The topological polar surface area (TPSA) is 126 Å². The summed E-state index contributed by atoms with van der Waals surface area (Å²) in [6, 6.07) is 15.4. The van der Waals surface area contributed by atoms with E-state index in [0.29, 0.717) is 17.1 Å². The fraction of sp³-hybridized carbons (Fsp3) is 0.143. The SMILES string of the molecule is Cc1ccc(N(CC(=O)Nc2ccc(S(=O)(=O)Nc3cccnc3)cc2)S(C)(=O)=O)cc1. The van der Waals surface area contributed by atoms with Gasteiger partial charge in [0.15, 0.2) is 0 Å². The third-order valence-electron chi connectivity index (χ3n) is 4.37. The first-order chi connectivity index (χ1) is 15.0. The smallest absolute Gasteiger partial charge is 0.261 e. The van der Waals surface area contributed by atoms with E-state index in [-0.39, 0.29) is 4.90 Å². The number of carbonyl (C=O) groups excluding carboxylic acids is 1. The summed E-state index contributed by atoms with van der Waals surface area (Å²) in [5.41, 5.74) is 1.98. The van der Waals surface area contributed by atoms with E-state index >= 15 is 0 Å². The molecule has 3 aromatic rings. The molecule has 0 spiro atoms. The zero-order chi connectivity index (χ0) is 23.4. The van der Waals surface area contributed by atoms with Crippen LogP contribution in [-0.4, -0.2) is 40.5 Å². The van der Waals surface area contributed by atoms with Crippen LogP contribution in [0.3, 0.4) is 0 Å². The van der Waals surface area contributed by atoms with Crippen molar-refractivity contribution in [2.75, 3.05) is 27.1 Å². The zero-order valence-electron chi connectivity index (χ0n) is 17.4. The Bertz CT molecular complexity index is 1290. The lowest BCUT2D eigenvalue weighted by molar-refractivity contribution is -0.114. The van der Waals surface area contributed by atoms with Gasteiger partial charge in [-0.15, -0.1) is 0 Å². The number of hydrogen-bond donors (Lipinski definition) is 2. The van der Waals surface area contributed by atoms with Crippen LogP contribution in [0.2, 0.25) is 0 Å². The Kier molecular flexibility index (Phi) is 6.80. The van der Waals surface area contributed by atoms with Crippen molar-refractivity contribution in [3.8, 4) is 0 Å². The van der Waals surface area contributed by atoms with Gasteiger partial charge in [0.2, 0.25) is 15.9 Å². The van der Waals surface area contributed by atoms with E-state index in [2.05, 4.69) is 15.0 Å². The quantitative estimate of drug-likeness (QED) is 0.517. The molecule has 11 heteroatoms. The number of nitrogens with zero attached hydrogens (tertiary/aromatic N) is 2. The molecule has 0 unspecified atom stereocenters. The van der Waals surface area contributed by atoms with Gasteiger partial charge in [0.05, 0.1) is 28.7 Å². The average Bonchev–Trinajstić information content (AvgIpc) is 2.73. The Labute approximate surface area is 187 Å². The maximum atomic E-state index is 12.5. The molecular weight excluding hydrogens is 452 g/mol. The first-order valence-corrected chi connectivity index (χ1v) is 12.7. The molecule has 1 heterocycles. The first kappa shape index (κ1) is 23.2. The lowest BCUT2D eigenvalue weighted by Gasteiger charge is -2.22. The molecule has 1 amide bonds. The van der Waals surface area contributed by atoms with Crippen LogP contribution in [0, 0.1) is 6.92 Å². The van der Waals surface area contributed by atoms with Crippen LogP contribution < -0.4 is 14.3 Å². The molecule has 32 heavy (non-hydrogen) atoms. The fourth-order valence-electron chi connectivity index (χ4n) is 2.80. The Balaban J connectivity index is 1.70. The molecule has 0 atom stereocenters. The second kappa shape index (κ2) is 9.37. The van der Waals surface area contributed by atoms with E-state index in [0.717, 1.165) is 16.1 Å². The molecule has 0 fully saturated rings. The predicted molar refractivity (Wildman–Crippen MR) is 123 cm³/mol. The van der Waals surface area contributed by atoms with Crippen molar-refractivity contribution in [3.63, 3.8) is 0 Å². The maximum absolute atomic E-state index is 12.5. The van der Waals surface area contributed by atoms with Gasteiger partial charge in [0, 0.05) is 11.9 Å². The molecule has 2 N–H and O–H groups in total. The van der Waals surface area contributed by atoms with Crippen molar-refractivity contribution in [2.24, 2.45) is 0 Å². The highest BCUT2D eigenvalue weighted by atomic mass is 32.2. The van der Waals surface area contributed by atoms with Crippen LogP contribution in [0.4, 0.5) is 17.1 Å². The van der Waals surface area contributed by atoms with Gasteiger partial charge in [-0.2, -0.15) is 0 Å². The first-order valence-electron chi connectivity index (χ1n) is 9.42. The maximum Gasteiger partial charge on any atom is 0.261 e. The lowest BCUT2D eigenvalue weighted by Crippen LogP contribution is -2.37. The standard InChI is InChI=1S/C21H22N4O5S2/c1-16-5-9-19(10-6-16)25(31(2,27)28)15-21(26)23-17-7-11-20(12-8-17)32(29,30)24-18-4-3-13-22-14-18/h3-14,24H,15H2,1-2H3,(H,23,26). The van der Waals surface area contributed by atoms with E-state index in [1.165, 1.54) is 36.7 Å². The van der Waals surface area contributed by atoms with Gasteiger partial charge < -0.3 is 5.32 Å². The molecular formula is C21H22N4O5S2. The molecule has 0 saturated carbocycles. The number of amides is 1. The molecule has 0 aliphatic rings. The second-order valence-corrected chi connectivity index (χ2v) is 10.6. The minimum atomic E-state index is -3.83. The summed E-state index contributed by atoms with van der Waals surface area (Å²) in [4.78, 5) is 16.3. The molecule has 3 rings (SSSR count). The molecule has 0 aliphatic carbocycles. The number of pyridine rings is 1. The molecule has 0 radical (unpaired) electrons.